The molecule has 1 aromatic rings. The first-order valence-corrected chi connectivity index (χ1v) is 13.2. The molecule has 8 heteroatoms. The molecule has 7 nitrogen and oxygen atoms in total. The monoisotopic (exact) mass is 447 g/mol. The van der Waals surface area contributed by atoms with E-state index in [0.717, 1.165) is 30.6 Å². The number of hydrogen-bond donors (Lipinski definition) is 1. The lowest BCUT2D eigenvalue weighted by Gasteiger charge is -2.59. The smallest absolute Gasteiger partial charge is 0.251 e. The lowest BCUT2D eigenvalue weighted by molar-refractivity contribution is -0.126. The van der Waals surface area contributed by atoms with Crippen LogP contribution in [0.5, 0.6) is 0 Å². The van der Waals surface area contributed by atoms with Gasteiger partial charge in [0.1, 0.15) is 6.54 Å². The summed E-state index contributed by atoms with van der Waals surface area (Å²) in [5.41, 5.74) is -0.172. The average Bonchev–Trinajstić information content (AvgIpc) is 3.24. The number of sulfonamides is 1. The van der Waals surface area contributed by atoms with Crippen molar-refractivity contribution < 1.29 is 13.2 Å². The summed E-state index contributed by atoms with van der Waals surface area (Å²) in [6.07, 6.45) is 10.7. The molecule has 1 atom stereocenters. The van der Waals surface area contributed by atoms with Crippen molar-refractivity contribution in [2.24, 2.45) is 23.2 Å². The van der Waals surface area contributed by atoms with Crippen LogP contribution >= 0.6 is 0 Å². The molecule has 6 rings (SSSR count). The van der Waals surface area contributed by atoms with Crippen molar-refractivity contribution in [1.82, 2.24) is 14.2 Å². The van der Waals surface area contributed by atoms with Crippen LogP contribution in [-0.2, 0) is 21.4 Å². The molecule has 0 aromatic carbocycles. The molecule has 0 spiro atoms. The number of amides is 1. The van der Waals surface area contributed by atoms with Crippen LogP contribution in [0.15, 0.2) is 28.0 Å². The molecule has 2 heterocycles. The Hall–Kier alpha value is -1.67. The van der Waals surface area contributed by atoms with E-state index in [1.165, 1.54) is 65.7 Å². The normalized spacial score (nSPS) is 33.5. The van der Waals surface area contributed by atoms with Gasteiger partial charge in [0.05, 0.1) is 4.90 Å². The molecular formula is C23H33N3O4S. The fraction of sp³-hybridized carbons (Fsp3) is 0.739. The minimum atomic E-state index is -3.63. The number of aromatic nitrogens is 1. The Kier molecular flexibility index (Phi) is 5.28. The van der Waals surface area contributed by atoms with E-state index in [1.807, 2.05) is 0 Å². The van der Waals surface area contributed by atoms with Crippen molar-refractivity contribution >= 4 is 15.9 Å². The van der Waals surface area contributed by atoms with Crippen molar-refractivity contribution in [2.75, 3.05) is 13.1 Å². The molecule has 1 saturated heterocycles. The van der Waals surface area contributed by atoms with Gasteiger partial charge in [-0.2, -0.15) is 4.31 Å². The van der Waals surface area contributed by atoms with Gasteiger partial charge in [-0.1, -0.05) is 0 Å². The van der Waals surface area contributed by atoms with Crippen LogP contribution in [0.1, 0.15) is 58.3 Å². The number of nitrogens with zero attached hydrogens (tertiary/aromatic N) is 2. The zero-order valence-corrected chi connectivity index (χ0v) is 19.1. The first kappa shape index (κ1) is 21.2. The van der Waals surface area contributed by atoms with Gasteiger partial charge >= 0.3 is 0 Å². The molecule has 4 saturated carbocycles. The summed E-state index contributed by atoms with van der Waals surface area (Å²) in [7, 11) is -3.63. The van der Waals surface area contributed by atoms with Crippen molar-refractivity contribution in [3.63, 3.8) is 0 Å². The third kappa shape index (κ3) is 3.86. The molecule has 1 aromatic heterocycles. The quantitative estimate of drug-likeness (QED) is 0.725. The summed E-state index contributed by atoms with van der Waals surface area (Å²) in [6, 6.07) is 2.67. The second-order valence-corrected chi connectivity index (χ2v) is 12.4. The Labute approximate surface area is 184 Å². The molecule has 4 bridgehead atoms. The van der Waals surface area contributed by atoms with Gasteiger partial charge in [0.15, 0.2) is 0 Å². The Bertz CT molecular complexity index is 990. The fourth-order valence-corrected chi connectivity index (χ4v) is 8.70. The van der Waals surface area contributed by atoms with E-state index in [-0.39, 0.29) is 34.4 Å². The Morgan fingerprint density at radius 1 is 1.10 bits per heavy atom. The summed E-state index contributed by atoms with van der Waals surface area (Å²) < 4.78 is 28.3. The van der Waals surface area contributed by atoms with Crippen LogP contribution < -0.4 is 10.9 Å². The molecule has 4 aliphatic carbocycles. The highest BCUT2D eigenvalue weighted by Gasteiger charge is 2.53. The third-order valence-corrected chi connectivity index (χ3v) is 10.2. The maximum Gasteiger partial charge on any atom is 0.251 e. The van der Waals surface area contributed by atoms with Crippen molar-refractivity contribution in [1.29, 1.82) is 0 Å². The highest BCUT2D eigenvalue weighted by molar-refractivity contribution is 7.89. The standard InChI is InChI=1S/C23H33N3O4S/c1-16(23-11-17-8-18(12-23)10-19(9-17)13-23)24-21(27)15-25-14-20(4-5-22(25)28)31(29,30)26-6-2-3-7-26/h4-5,14,16-19H,2-3,6-13,15H2,1H3,(H,24,27). The summed E-state index contributed by atoms with van der Waals surface area (Å²) in [5.74, 6) is 2.20. The molecule has 0 radical (unpaired) electrons. The van der Waals surface area contributed by atoms with Crippen molar-refractivity contribution in [3.05, 3.63) is 28.7 Å². The van der Waals surface area contributed by atoms with Crippen LogP contribution in [0.25, 0.3) is 0 Å². The van der Waals surface area contributed by atoms with E-state index < -0.39 is 10.0 Å². The molecular weight excluding hydrogens is 414 g/mol. The summed E-state index contributed by atoms with van der Waals surface area (Å²) in [4.78, 5) is 25.3. The number of rotatable bonds is 6. The average molecular weight is 448 g/mol. The molecule has 1 unspecified atom stereocenters. The molecule has 1 N–H and O–H groups in total. The first-order valence-electron chi connectivity index (χ1n) is 11.8. The van der Waals surface area contributed by atoms with E-state index in [0.29, 0.717) is 13.1 Å². The first-order chi connectivity index (χ1) is 14.7. The minimum absolute atomic E-state index is 0.0700. The zero-order chi connectivity index (χ0) is 21.8. The fourth-order valence-electron chi connectivity index (χ4n) is 7.17. The molecule has 170 valence electrons. The SMILES string of the molecule is CC(NC(=O)Cn1cc(S(=O)(=O)N2CCCC2)ccc1=O)C12CC3CC(CC(C3)C1)C2. The number of pyridine rings is 1. The predicted octanol–water partition coefficient (Wildman–Crippen LogP) is 2.35. The van der Waals surface area contributed by atoms with Crippen LogP contribution in [0, 0.1) is 23.2 Å². The Morgan fingerprint density at radius 2 is 1.68 bits per heavy atom. The lowest BCUT2D eigenvalue weighted by Crippen LogP contribution is -2.56. The van der Waals surface area contributed by atoms with Crippen LogP contribution in [-0.4, -0.2) is 42.3 Å². The maximum absolute atomic E-state index is 12.9. The van der Waals surface area contributed by atoms with E-state index in [9.17, 15) is 18.0 Å². The van der Waals surface area contributed by atoms with Crippen molar-refractivity contribution in [2.45, 2.75) is 75.8 Å². The van der Waals surface area contributed by atoms with Crippen LogP contribution in [0.4, 0.5) is 0 Å². The zero-order valence-electron chi connectivity index (χ0n) is 18.3. The number of carbonyl (C=O) groups is 1. The molecule has 1 aliphatic heterocycles. The van der Waals surface area contributed by atoms with Gasteiger partial charge in [0.2, 0.25) is 15.9 Å². The van der Waals surface area contributed by atoms with Gasteiger partial charge < -0.3 is 9.88 Å². The highest BCUT2D eigenvalue weighted by atomic mass is 32.2. The summed E-state index contributed by atoms with van der Waals surface area (Å²) in [5, 5.41) is 3.17. The van der Waals surface area contributed by atoms with E-state index >= 15 is 0 Å². The van der Waals surface area contributed by atoms with Gasteiger partial charge in [0, 0.05) is 31.4 Å². The Balaban J connectivity index is 1.29. The molecule has 5 fully saturated rings. The topological polar surface area (TPSA) is 88.5 Å². The molecule has 5 aliphatic rings. The molecule has 31 heavy (non-hydrogen) atoms. The minimum Gasteiger partial charge on any atom is -0.352 e. The van der Waals surface area contributed by atoms with E-state index in [2.05, 4.69) is 12.2 Å². The lowest BCUT2D eigenvalue weighted by atomic mass is 9.48. The van der Waals surface area contributed by atoms with Crippen LogP contribution in [0.3, 0.4) is 0 Å². The highest BCUT2D eigenvalue weighted by Crippen LogP contribution is 2.61. The van der Waals surface area contributed by atoms with Gasteiger partial charge in [0.25, 0.3) is 5.56 Å². The Morgan fingerprint density at radius 3 is 2.26 bits per heavy atom. The van der Waals surface area contributed by atoms with Gasteiger partial charge in [-0.15, -0.1) is 0 Å². The summed E-state index contributed by atoms with van der Waals surface area (Å²) in [6.45, 7) is 2.97. The van der Waals surface area contributed by atoms with Crippen LogP contribution in [0.2, 0.25) is 0 Å². The van der Waals surface area contributed by atoms with Gasteiger partial charge in [-0.25, -0.2) is 8.42 Å². The third-order valence-electron chi connectivity index (χ3n) is 8.35. The predicted molar refractivity (Wildman–Crippen MR) is 117 cm³/mol. The van der Waals surface area contributed by atoms with E-state index in [1.54, 1.807) is 0 Å². The summed E-state index contributed by atoms with van der Waals surface area (Å²) >= 11 is 0. The number of carbonyl (C=O) groups excluding carboxylic acids is 1. The second kappa shape index (κ2) is 7.73. The van der Waals surface area contributed by atoms with Gasteiger partial charge in [-0.05, 0) is 87.5 Å². The maximum atomic E-state index is 12.9. The second-order valence-electron chi connectivity index (χ2n) is 10.5. The number of hydrogen-bond acceptors (Lipinski definition) is 4. The van der Waals surface area contributed by atoms with Crippen molar-refractivity contribution in [3.8, 4) is 0 Å². The molecule has 1 amide bonds. The van der Waals surface area contributed by atoms with Gasteiger partial charge in [-0.3, -0.25) is 9.59 Å². The van der Waals surface area contributed by atoms with E-state index in [4.69, 9.17) is 0 Å². The largest absolute Gasteiger partial charge is 0.352 e. The number of nitrogens with one attached hydrogen (secondary N) is 1.